The van der Waals surface area contributed by atoms with Crippen molar-refractivity contribution in [3.63, 3.8) is 0 Å². The van der Waals surface area contributed by atoms with E-state index in [4.69, 9.17) is 5.11 Å². The van der Waals surface area contributed by atoms with Crippen LogP contribution in [0.25, 0.3) is 0 Å². The Morgan fingerprint density at radius 3 is 2.15 bits per heavy atom. The molecule has 0 aromatic heterocycles. The van der Waals surface area contributed by atoms with Gasteiger partial charge in [-0.05, 0) is 48.9 Å². The number of hydrogen-bond acceptors (Lipinski definition) is 2. The third kappa shape index (κ3) is 2.92. The molecule has 1 aliphatic carbocycles. The van der Waals surface area contributed by atoms with Crippen molar-refractivity contribution in [2.24, 2.45) is 0 Å². The highest BCUT2D eigenvalue weighted by atomic mass is 19.4. The second-order valence-electron chi connectivity index (χ2n) is 4.63. The van der Waals surface area contributed by atoms with Gasteiger partial charge < -0.3 is 10.4 Å². The summed E-state index contributed by atoms with van der Waals surface area (Å²) in [7, 11) is 0. The number of halogens is 3. The number of hydrogen-bond donors (Lipinski definition) is 2. The highest BCUT2D eigenvalue weighted by Crippen LogP contribution is 2.29. The molecule has 4 nitrogen and oxygen atoms in total. The number of anilines is 1. The molecule has 1 amide bonds. The first kappa shape index (κ1) is 14.4. The first-order chi connectivity index (χ1) is 9.29. The molecule has 0 atom stereocenters. The molecule has 0 fully saturated rings. The number of nitrogens with one attached hydrogen (secondary N) is 1. The van der Waals surface area contributed by atoms with E-state index in [1.807, 2.05) is 0 Å². The number of carboxylic acid groups (broad SMARTS) is 1. The number of fused-ring (bicyclic) bond motifs is 1. The van der Waals surface area contributed by atoms with Gasteiger partial charge in [-0.2, -0.15) is 13.2 Å². The van der Waals surface area contributed by atoms with Crippen molar-refractivity contribution in [3.05, 3.63) is 28.8 Å². The van der Waals surface area contributed by atoms with Crippen LogP contribution >= 0.6 is 0 Å². The summed E-state index contributed by atoms with van der Waals surface area (Å²) in [6, 6.07) is 2.68. The Labute approximate surface area is 112 Å². The van der Waals surface area contributed by atoms with Crippen LogP contribution in [0, 0.1) is 0 Å². The van der Waals surface area contributed by atoms with E-state index in [9.17, 15) is 22.8 Å². The number of benzene rings is 1. The molecule has 0 aliphatic heterocycles. The van der Waals surface area contributed by atoms with Gasteiger partial charge in [0.15, 0.2) is 0 Å². The first-order valence-corrected chi connectivity index (χ1v) is 6.06. The van der Waals surface area contributed by atoms with Gasteiger partial charge in [-0.15, -0.1) is 0 Å². The lowest BCUT2D eigenvalue weighted by molar-refractivity contribution is -0.167. The van der Waals surface area contributed by atoms with Crippen LogP contribution in [0.3, 0.4) is 0 Å². The predicted octanol–water partition coefficient (Wildman–Crippen LogP) is 2.76. The number of carboxylic acids is 1. The van der Waals surface area contributed by atoms with E-state index in [0.717, 1.165) is 24.0 Å². The van der Waals surface area contributed by atoms with Crippen LogP contribution in [0.2, 0.25) is 0 Å². The van der Waals surface area contributed by atoms with Crippen molar-refractivity contribution < 1.29 is 27.9 Å². The molecule has 0 unspecified atom stereocenters. The Kier molecular flexibility index (Phi) is 3.69. The Morgan fingerprint density at radius 1 is 1.10 bits per heavy atom. The van der Waals surface area contributed by atoms with Gasteiger partial charge in [0, 0.05) is 0 Å². The minimum atomic E-state index is -5.05. The molecule has 0 spiro atoms. The zero-order chi connectivity index (χ0) is 14.9. The lowest BCUT2D eigenvalue weighted by Gasteiger charge is -2.19. The fourth-order valence-electron chi connectivity index (χ4n) is 2.26. The van der Waals surface area contributed by atoms with Gasteiger partial charge in [0.2, 0.25) is 0 Å². The molecule has 2 N–H and O–H groups in total. The van der Waals surface area contributed by atoms with Gasteiger partial charge in [0.25, 0.3) is 0 Å². The molecule has 1 aliphatic rings. The van der Waals surface area contributed by atoms with E-state index in [1.54, 1.807) is 5.32 Å². The Morgan fingerprint density at radius 2 is 1.65 bits per heavy atom. The summed E-state index contributed by atoms with van der Waals surface area (Å²) in [6.07, 6.45) is -1.87. The van der Waals surface area contributed by atoms with Gasteiger partial charge in [0.1, 0.15) is 0 Å². The van der Waals surface area contributed by atoms with Crippen molar-refractivity contribution in [1.29, 1.82) is 0 Å². The average Bonchev–Trinajstić information content (AvgIpc) is 2.36. The van der Waals surface area contributed by atoms with Crippen LogP contribution < -0.4 is 5.32 Å². The van der Waals surface area contributed by atoms with Crippen molar-refractivity contribution in [2.75, 3.05) is 5.32 Å². The molecule has 0 bridgehead atoms. The van der Waals surface area contributed by atoms with Crippen LogP contribution in [0.15, 0.2) is 12.1 Å². The number of carbonyl (C=O) groups is 2. The van der Waals surface area contributed by atoms with Crippen LogP contribution in [0.1, 0.15) is 34.3 Å². The number of carbonyl (C=O) groups excluding carboxylic acids is 1. The topological polar surface area (TPSA) is 66.4 Å². The van der Waals surface area contributed by atoms with E-state index in [-0.39, 0.29) is 11.3 Å². The smallest absolute Gasteiger partial charge is 0.471 e. The summed E-state index contributed by atoms with van der Waals surface area (Å²) in [5.41, 5.74) is 0.987. The lowest BCUT2D eigenvalue weighted by Crippen LogP contribution is -2.30. The Balaban J connectivity index is 2.40. The molecule has 1 aromatic carbocycles. The second-order valence-corrected chi connectivity index (χ2v) is 4.63. The number of aryl methyl sites for hydroxylation is 2. The predicted molar refractivity (Wildman–Crippen MR) is 64.7 cm³/mol. The molecule has 108 valence electrons. The summed E-state index contributed by atoms with van der Waals surface area (Å²) in [4.78, 5) is 22.1. The molecule has 2 rings (SSSR count). The monoisotopic (exact) mass is 287 g/mol. The van der Waals surface area contributed by atoms with Gasteiger partial charge in [0.05, 0.1) is 11.3 Å². The Bertz CT molecular complexity index is 567. The van der Waals surface area contributed by atoms with Crippen LogP contribution in [-0.2, 0) is 17.6 Å². The number of aromatic carboxylic acids is 1. The fourth-order valence-corrected chi connectivity index (χ4v) is 2.26. The second kappa shape index (κ2) is 5.15. The highest BCUT2D eigenvalue weighted by Gasteiger charge is 2.39. The number of alkyl halides is 3. The van der Waals surface area contributed by atoms with Crippen LogP contribution in [0.5, 0.6) is 0 Å². The maximum atomic E-state index is 12.2. The summed E-state index contributed by atoms with van der Waals surface area (Å²) in [6.45, 7) is 0. The van der Waals surface area contributed by atoms with Crippen molar-refractivity contribution in [2.45, 2.75) is 31.9 Å². The van der Waals surface area contributed by atoms with E-state index < -0.39 is 18.1 Å². The SMILES string of the molecule is O=C(O)c1cc2c(cc1NC(=O)C(F)(F)F)CCCC2. The van der Waals surface area contributed by atoms with E-state index in [0.29, 0.717) is 12.8 Å². The summed E-state index contributed by atoms with van der Waals surface area (Å²) in [5, 5.41) is 10.7. The maximum absolute atomic E-state index is 12.2. The molecule has 7 heteroatoms. The zero-order valence-corrected chi connectivity index (χ0v) is 10.4. The van der Waals surface area contributed by atoms with E-state index in [2.05, 4.69) is 0 Å². The lowest BCUT2D eigenvalue weighted by atomic mass is 9.89. The van der Waals surface area contributed by atoms with Crippen molar-refractivity contribution in [3.8, 4) is 0 Å². The van der Waals surface area contributed by atoms with Crippen LogP contribution in [-0.4, -0.2) is 23.2 Å². The standard InChI is InChI=1S/C13H12F3NO3/c14-13(15,16)12(20)17-10-6-8-4-2-1-3-7(8)5-9(10)11(18)19/h5-6H,1-4H2,(H,17,20)(H,18,19). The minimum absolute atomic E-state index is 0.305. The van der Waals surface area contributed by atoms with E-state index >= 15 is 0 Å². The van der Waals surface area contributed by atoms with Gasteiger partial charge in [-0.1, -0.05) is 0 Å². The van der Waals surface area contributed by atoms with Crippen molar-refractivity contribution in [1.82, 2.24) is 0 Å². The third-order valence-electron chi connectivity index (χ3n) is 3.22. The molecular formula is C13H12F3NO3. The quantitative estimate of drug-likeness (QED) is 0.879. The molecule has 1 aromatic rings. The van der Waals surface area contributed by atoms with Gasteiger partial charge in [-0.25, -0.2) is 4.79 Å². The highest BCUT2D eigenvalue weighted by molar-refractivity contribution is 6.02. The molecule has 0 radical (unpaired) electrons. The van der Waals surface area contributed by atoms with Gasteiger partial charge >= 0.3 is 18.1 Å². The molecule has 20 heavy (non-hydrogen) atoms. The van der Waals surface area contributed by atoms with Crippen LogP contribution in [0.4, 0.5) is 18.9 Å². The third-order valence-corrected chi connectivity index (χ3v) is 3.22. The first-order valence-electron chi connectivity index (χ1n) is 6.06. The average molecular weight is 287 g/mol. The summed E-state index contributed by atoms with van der Waals surface area (Å²) >= 11 is 0. The summed E-state index contributed by atoms with van der Waals surface area (Å²) < 4.78 is 36.7. The summed E-state index contributed by atoms with van der Waals surface area (Å²) in [5.74, 6) is -3.54. The van der Waals surface area contributed by atoms with Crippen molar-refractivity contribution >= 4 is 17.6 Å². The van der Waals surface area contributed by atoms with Gasteiger partial charge in [-0.3, -0.25) is 4.79 Å². The molecule has 0 saturated heterocycles. The normalized spacial score (nSPS) is 14.6. The maximum Gasteiger partial charge on any atom is 0.471 e. The van der Waals surface area contributed by atoms with E-state index in [1.165, 1.54) is 12.1 Å². The molecule has 0 heterocycles. The number of amides is 1. The number of rotatable bonds is 2. The largest absolute Gasteiger partial charge is 0.478 e. The minimum Gasteiger partial charge on any atom is -0.478 e. The zero-order valence-electron chi connectivity index (χ0n) is 10.4. The molecule has 0 saturated carbocycles. The fraction of sp³-hybridized carbons (Fsp3) is 0.385. The molecular weight excluding hydrogens is 275 g/mol. The Hall–Kier alpha value is -2.05.